The zero-order valence-corrected chi connectivity index (χ0v) is 9.36. The van der Waals surface area contributed by atoms with Crippen LogP contribution < -0.4 is 11.3 Å². The third-order valence-corrected chi connectivity index (χ3v) is 2.13. The molecule has 1 heterocycles. The average Bonchev–Trinajstić information content (AvgIpc) is 2.24. The van der Waals surface area contributed by atoms with E-state index < -0.39 is 0 Å². The Kier molecular flexibility index (Phi) is 5.07. The lowest BCUT2D eigenvalue weighted by Gasteiger charge is -2.09. The number of hydrogen-bond donors (Lipinski definition) is 2. The van der Waals surface area contributed by atoms with Crippen molar-refractivity contribution in [3.05, 3.63) is 23.9 Å². The van der Waals surface area contributed by atoms with E-state index in [2.05, 4.69) is 24.3 Å². The van der Waals surface area contributed by atoms with Crippen LogP contribution in [0.4, 0.5) is 5.82 Å². The van der Waals surface area contributed by atoms with E-state index in [-0.39, 0.29) is 0 Å². The maximum atomic E-state index is 5.54. The number of nitrogens with one attached hydrogen (secondary N) is 1. The Morgan fingerprint density at radius 1 is 1.53 bits per heavy atom. The summed E-state index contributed by atoms with van der Waals surface area (Å²) >= 11 is 0. The maximum Gasteiger partial charge on any atom is 0.145 e. The molecular weight excluding hydrogens is 190 g/mol. The monoisotopic (exact) mass is 209 g/mol. The van der Waals surface area contributed by atoms with Crippen molar-refractivity contribution >= 4 is 5.82 Å². The minimum absolute atomic E-state index is 0.556. The number of nitrogens with two attached hydrogens (primary N) is 1. The lowest BCUT2D eigenvalue weighted by atomic mass is 10.1. The van der Waals surface area contributed by atoms with Crippen molar-refractivity contribution in [3.8, 4) is 0 Å². The Balaban J connectivity index is 2.36. The number of nitrogen functional groups attached to an aromatic ring is 1. The second kappa shape index (κ2) is 6.37. The van der Waals surface area contributed by atoms with Gasteiger partial charge in [-0.3, -0.25) is 0 Å². The Morgan fingerprint density at radius 2 is 2.33 bits per heavy atom. The first kappa shape index (κ1) is 11.9. The van der Waals surface area contributed by atoms with Crippen LogP contribution in [0, 0.1) is 5.92 Å². The normalized spacial score (nSPS) is 10.7. The van der Waals surface area contributed by atoms with Crippen LogP contribution in [0.3, 0.4) is 0 Å². The summed E-state index contributed by atoms with van der Waals surface area (Å²) in [6, 6.07) is 3.83. The number of hydrazine groups is 1. The predicted octanol–water partition coefficient (Wildman–Crippen LogP) is 1.93. The van der Waals surface area contributed by atoms with Gasteiger partial charge >= 0.3 is 0 Å². The van der Waals surface area contributed by atoms with Gasteiger partial charge in [0.2, 0.25) is 0 Å². The third kappa shape index (κ3) is 4.27. The first-order valence-electron chi connectivity index (χ1n) is 5.22. The van der Waals surface area contributed by atoms with E-state index in [1.54, 1.807) is 6.20 Å². The largest absolute Gasteiger partial charge is 0.377 e. The minimum atomic E-state index is 0.556. The molecule has 4 heteroatoms. The van der Waals surface area contributed by atoms with Crippen molar-refractivity contribution in [1.82, 2.24) is 4.98 Å². The first-order chi connectivity index (χ1) is 7.24. The van der Waals surface area contributed by atoms with Gasteiger partial charge in [-0.2, -0.15) is 0 Å². The van der Waals surface area contributed by atoms with Crippen LogP contribution in [0.15, 0.2) is 18.3 Å². The van der Waals surface area contributed by atoms with Crippen molar-refractivity contribution in [2.75, 3.05) is 12.0 Å². The quantitative estimate of drug-likeness (QED) is 0.427. The summed E-state index contributed by atoms with van der Waals surface area (Å²) in [5, 5.41) is 0. The molecule has 0 aromatic carbocycles. The van der Waals surface area contributed by atoms with Gasteiger partial charge < -0.3 is 10.2 Å². The standard InChI is InChI=1S/C11H19N3O/c1-9(2)5-7-15-8-10-4-3-6-13-11(10)14-12/h3-4,6,9H,5,7-8,12H2,1-2H3,(H,13,14). The summed E-state index contributed by atoms with van der Waals surface area (Å²) in [4.78, 5) is 4.09. The second-order valence-corrected chi connectivity index (χ2v) is 3.89. The summed E-state index contributed by atoms with van der Waals surface area (Å²) in [5.74, 6) is 6.69. The van der Waals surface area contributed by atoms with Crippen LogP contribution >= 0.6 is 0 Å². The van der Waals surface area contributed by atoms with Crippen LogP contribution in [-0.2, 0) is 11.3 Å². The molecule has 0 spiro atoms. The van der Waals surface area contributed by atoms with Crippen LogP contribution in [-0.4, -0.2) is 11.6 Å². The third-order valence-electron chi connectivity index (χ3n) is 2.13. The molecule has 0 saturated carbocycles. The summed E-state index contributed by atoms with van der Waals surface area (Å²) in [6.45, 7) is 5.69. The van der Waals surface area contributed by atoms with Gasteiger partial charge in [0, 0.05) is 18.4 Å². The van der Waals surface area contributed by atoms with Crippen LogP contribution in [0.1, 0.15) is 25.8 Å². The zero-order valence-electron chi connectivity index (χ0n) is 9.36. The average molecular weight is 209 g/mol. The predicted molar refractivity (Wildman–Crippen MR) is 61.2 cm³/mol. The molecule has 0 radical (unpaired) electrons. The molecular formula is C11H19N3O. The molecule has 4 nitrogen and oxygen atoms in total. The molecule has 1 rings (SSSR count). The Labute approximate surface area is 90.8 Å². The number of pyridine rings is 1. The number of hydrogen-bond acceptors (Lipinski definition) is 4. The van der Waals surface area contributed by atoms with Gasteiger partial charge in [0.25, 0.3) is 0 Å². The highest BCUT2D eigenvalue weighted by Gasteiger charge is 2.01. The molecule has 0 aliphatic rings. The molecule has 0 unspecified atom stereocenters. The number of anilines is 1. The van der Waals surface area contributed by atoms with Gasteiger partial charge in [-0.1, -0.05) is 19.9 Å². The zero-order chi connectivity index (χ0) is 11.1. The van der Waals surface area contributed by atoms with Crippen molar-refractivity contribution in [2.45, 2.75) is 26.9 Å². The minimum Gasteiger partial charge on any atom is -0.377 e. The molecule has 0 aliphatic carbocycles. The molecule has 0 atom stereocenters. The lowest BCUT2D eigenvalue weighted by Crippen LogP contribution is -2.11. The van der Waals surface area contributed by atoms with E-state index in [0.29, 0.717) is 18.3 Å². The lowest BCUT2D eigenvalue weighted by molar-refractivity contribution is 0.111. The van der Waals surface area contributed by atoms with Gasteiger partial charge in [0.15, 0.2) is 0 Å². The topological polar surface area (TPSA) is 60.2 Å². The molecule has 15 heavy (non-hydrogen) atoms. The van der Waals surface area contributed by atoms with E-state index in [1.165, 1.54) is 0 Å². The van der Waals surface area contributed by atoms with E-state index >= 15 is 0 Å². The van der Waals surface area contributed by atoms with Crippen molar-refractivity contribution < 1.29 is 4.74 Å². The maximum absolute atomic E-state index is 5.54. The number of rotatable bonds is 6. The highest BCUT2D eigenvalue weighted by molar-refractivity contribution is 5.41. The molecule has 3 N–H and O–H groups in total. The Morgan fingerprint density at radius 3 is 3.00 bits per heavy atom. The highest BCUT2D eigenvalue weighted by Crippen LogP contribution is 2.11. The van der Waals surface area contributed by atoms with Crippen molar-refractivity contribution in [1.29, 1.82) is 0 Å². The van der Waals surface area contributed by atoms with E-state index in [9.17, 15) is 0 Å². The molecule has 1 aromatic heterocycles. The van der Waals surface area contributed by atoms with Gasteiger partial charge in [0.1, 0.15) is 5.82 Å². The van der Waals surface area contributed by atoms with E-state index in [0.717, 1.165) is 18.6 Å². The fraction of sp³-hybridized carbons (Fsp3) is 0.545. The Hall–Kier alpha value is -1.13. The molecule has 0 bridgehead atoms. The smallest absolute Gasteiger partial charge is 0.145 e. The molecule has 0 saturated heterocycles. The number of ether oxygens (including phenoxy) is 1. The molecule has 0 amide bonds. The van der Waals surface area contributed by atoms with Crippen LogP contribution in [0.2, 0.25) is 0 Å². The van der Waals surface area contributed by atoms with Crippen LogP contribution in [0.5, 0.6) is 0 Å². The van der Waals surface area contributed by atoms with Gasteiger partial charge in [0.05, 0.1) is 6.61 Å². The molecule has 0 fully saturated rings. The highest BCUT2D eigenvalue weighted by atomic mass is 16.5. The summed E-state index contributed by atoms with van der Waals surface area (Å²) in [5.41, 5.74) is 3.54. The SMILES string of the molecule is CC(C)CCOCc1cccnc1NN. The van der Waals surface area contributed by atoms with Gasteiger partial charge in [-0.15, -0.1) is 0 Å². The summed E-state index contributed by atoms with van der Waals surface area (Å²) < 4.78 is 5.54. The number of aromatic nitrogens is 1. The molecule has 1 aromatic rings. The van der Waals surface area contributed by atoms with E-state index in [4.69, 9.17) is 10.6 Å². The van der Waals surface area contributed by atoms with Crippen molar-refractivity contribution in [2.24, 2.45) is 11.8 Å². The molecule has 84 valence electrons. The second-order valence-electron chi connectivity index (χ2n) is 3.89. The fourth-order valence-corrected chi connectivity index (χ4v) is 1.19. The Bertz CT molecular complexity index is 289. The number of nitrogens with zero attached hydrogens (tertiary/aromatic N) is 1. The van der Waals surface area contributed by atoms with Gasteiger partial charge in [-0.25, -0.2) is 10.8 Å². The fourth-order valence-electron chi connectivity index (χ4n) is 1.19. The van der Waals surface area contributed by atoms with Crippen LogP contribution in [0.25, 0.3) is 0 Å². The van der Waals surface area contributed by atoms with E-state index in [1.807, 2.05) is 12.1 Å². The molecule has 0 aliphatic heterocycles. The summed E-state index contributed by atoms with van der Waals surface area (Å²) in [6.07, 6.45) is 2.78. The van der Waals surface area contributed by atoms with Gasteiger partial charge in [-0.05, 0) is 18.4 Å². The summed E-state index contributed by atoms with van der Waals surface area (Å²) in [7, 11) is 0. The van der Waals surface area contributed by atoms with Crippen molar-refractivity contribution in [3.63, 3.8) is 0 Å². The first-order valence-corrected chi connectivity index (χ1v) is 5.22.